The molecule has 0 fully saturated rings. The molecule has 0 radical (unpaired) electrons. The zero-order chi connectivity index (χ0) is 13.5. The highest BCUT2D eigenvalue weighted by Gasteiger charge is 2.19. The molecular weight excluding hydrogens is 244 g/mol. The SMILES string of the molecule is OCCOCCN1CCC/C(=N/O)c2ccccc21. The summed E-state index contributed by atoms with van der Waals surface area (Å²) < 4.78 is 5.32. The van der Waals surface area contributed by atoms with Crippen LogP contribution in [-0.2, 0) is 4.74 Å². The van der Waals surface area contributed by atoms with Crippen LogP contribution in [0.15, 0.2) is 29.4 Å². The maximum Gasteiger partial charge on any atom is 0.0889 e. The molecule has 0 atom stereocenters. The summed E-state index contributed by atoms with van der Waals surface area (Å²) in [7, 11) is 0. The van der Waals surface area contributed by atoms with Crippen molar-refractivity contribution >= 4 is 11.4 Å². The third-order valence-electron chi connectivity index (χ3n) is 3.26. The largest absolute Gasteiger partial charge is 0.411 e. The van der Waals surface area contributed by atoms with E-state index >= 15 is 0 Å². The van der Waals surface area contributed by atoms with Gasteiger partial charge in [-0.25, -0.2) is 0 Å². The topological polar surface area (TPSA) is 65.3 Å². The minimum atomic E-state index is 0.0535. The second kappa shape index (κ2) is 7.11. The molecule has 5 nitrogen and oxygen atoms in total. The maximum absolute atomic E-state index is 9.11. The second-order valence-corrected chi connectivity index (χ2v) is 4.49. The highest BCUT2D eigenvalue weighted by Crippen LogP contribution is 2.26. The molecule has 1 aliphatic rings. The van der Waals surface area contributed by atoms with Crippen molar-refractivity contribution in [3.63, 3.8) is 0 Å². The Kier molecular flexibility index (Phi) is 5.18. The van der Waals surface area contributed by atoms with Crippen molar-refractivity contribution in [1.82, 2.24) is 0 Å². The molecule has 0 bridgehead atoms. The molecule has 1 aliphatic heterocycles. The van der Waals surface area contributed by atoms with E-state index in [-0.39, 0.29) is 6.61 Å². The Morgan fingerprint density at radius 3 is 2.89 bits per heavy atom. The summed E-state index contributed by atoms with van der Waals surface area (Å²) in [5, 5.41) is 21.2. The van der Waals surface area contributed by atoms with E-state index in [9.17, 15) is 0 Å². The van der Waals surface area contributed by atoms with Crippen molar-refractivity contribution in [2.45, 2.75) is 12.8 Å². The van der Waals surface area contributed by atoms with Gasteiger partial charge < -0.3 is 20.0 Å². The average molecular weight is 264 g/mol. The summed E-state index contributed by atoms with van der Waals surface area (Å²) >= 11 is 0. The third kappa shape index (κ3) is 3.45. The fraction of sp³-hybridized carbons (Fsp3) is 0.500. The fourth-order valence-electron chi connectivity index (χ4n) is 2.36. The van der Waals surface area contributed by atoms with Gasteiger partial charge in [-0.3, -0.25) is 0 Å². The van der Waals surface area contributed by atoms with E-state index in [2.05, 4.69) is 10.1 Å². The van der Waals surface area contributed by atoms with Crippen LogP contribution in [0.2, 0.25) is 0 Å². The number of para-hydroxylation sites is 1. The Balaban J connectivity index is 2.12. The Hall–Kier alpha value is -1.59. The van der Waals surface area contributed by atoms with Gasteiger partial charge in [0.15, 0.2) is 0 Å². The van der Waals surface area contributed by atoms with Crippen LogP contribution < -0.4 is 4.90 Å². The van der Waals surface area contributed by atoms with Crippen molar-refractivity contribution in [2.75, 3.05) is 37.8 Å². The first kappa shape index (κ1) is 13.8. The highest BCUT2D eigenvalue weighted by molar-refractivity contribution is 6.05. The molecule has 1 heterocycles. The van der Waals surface area contributed by atoms with Gasteiger partial charge in [-0.05, 0) is 18.9 Å². The van der Waals surface area contributed by atoms with Crippen LogP contribution in [-0.4, -0.2) is 48.9 Å². The van der Waals surface area contributed by atoms with Gasteiger partial charge in [0.2, 0.25) is 0 Å². The van der Waals surface area contributed by atoms with Gasteiger partial charge in [0.05, 0.1) is 25.5 Å². The van der Waals surface area contributed by atoms with Crippen LogP contribution in [0.25, 0.3) is 0 Å². The molecule has 2 rings (SSSR count). The maximum atomic E-state index is 9.11. The number of benzene rings is 1. The minimum Gasteiger partial charge on any atom is -0.411 e. The summed E-state index contributed by atoms with van der Waals surface area (Å²) in [6, 6.07) is 7.96. The van der Waals surface area contributed by atoms with Gasteiger partial charge >= 0.3 is 0 Å². The summed E-state index contributed by atoms with van der Waals surface area (Å²) in [6.45, 7) is 2.70. The molecule has 0 aromatic heterocycles. The average Bonchev–Trinajstić information content (AvgIpc) is 2.63. The van der Waals surface area contributed by atoms with Crippen molar-refractivity contribution in [3.8, 4) is 0 Å². The monoisotopic (exact) mass is 264 g/mol. The number of fused-ring (bicyclic) bond motifs is 1. The Morgan fingerprint density at radius 2 is 2.11 bits per heavy atom. The molecule has 19 heavy (non-hydrogen) atoms. The van der Waals surface area contributed by atoms with Crippen LogP contribution in [0.5, 0.6) is 0 Å². The number of rotatable bonds is 5. The molecule has 0 saturated carbocycles. The van der Waals surface area contributed by atoms with E-state index in [0.717, 1.165) is 42.9 Å². The van der Waals surface area contributed by atoms with Crippen LogP contribution in [0.4, 0.5) is 5.69 Å². The predicted molar refractivity (Wildman–Crippen MR) is 74.1 cm³/mol. The van der Waals surface area contributed by atoms with E-state index < -0.39 is 0 Å². The molecule has 0 unspecified atom stereocenters. The normalized spacial score (nSPS) is 17.3. The number of aliphatic hydroxyl groups is 1. The number of aliphatic hydroxyl groups excluding tert-OH is 1. The van der Waals surface area contributed by atoms with Gasteiger partial charge in [0.25, 0.3) is 0 Å². The molecule has 104 valence electrons. The number of anilines is 1. The van der Waals surface area contributed by atoms with Crippen molar-refractivity contribution in [2.24, 2.45) is 5.16 Å². The lowest BCUT2D eigenvalue weighted by molar-refractivity contribution is 0.0966. The van der Waals surface area contributed by atoms with Gasteiger partial charge in [0.1, 0.15) is 0 Å². The number of hydrogen-bond acceptors (Lipinski definition) is 5. The van der Waals surface area contributed by atoms with E-state index in [1.165, 1.54) is 0 Å². The summed E-state index contributed by atoms with van der Waals surface area (Å²) in [4.78, 5) is 2.24. The van der Waals surface area contributed by atoms with Crippen LogP contribution in [0.3, 0.4) is 0 Å². The van der Waals surface area contributed by atoms with Gasteiger partial charge in [-0.2, -0.15) is 0 Å². The van der Waals surface area contributed by atoms with E-state index in [1.807, 2.05) is 24.3 Å². The third-order valence-corrected chi connectivity index (χ3v) is 3.26. The Labute approximate surface area is 113 Å². The first-order valence-electron chi connectivity index (χ1n) is 6.60. The molecule has 0 amide bonds. The first-order valence-corrected chi connectivity index (χ1v) is 6.60. The first-order chi connectivity index (χ1) is 9.36. The van der Waals surface area contributed by atoms with E-state index in [4.69, 9.17) is 15.1 Å². The fourth-order valence-corrected chi connectivity index (χ4v) is 2.36. The molecule has 0 aliphatic carbocycles. The van der Waals surface area contributed by atoms with Gasteiger partial charge in [-0.15, -0.1) is 0 Å². The molecular formula is C14H20N2O3. The lowest BCUT2D eigenvalue weighted by Gasteiger charge is -2.24. The van der Waals surface area contributed by atoms with E-state index in [0.29, 0.717) is 13.2 Å². The zero-order valence-corrected chi connectivity index (χ0v) is 11.0. The number of hydrogen-bond donors (Lipinski definition) is 2. The Morgan fingerprint density at radius 1 is 1.26 bits per heavy atom. The smallest absolute Gasteiger partial charge is 0.0889 e. The predicted octanol–water partition coefficient (Wildman–Crippen LogP) is 1.47. The molecule has 5 heteroatoms. The molecule has 1 aromatic rings. The molecule has 0 spiro atoms. The van der Waals surface area contributed by atoms with Gasteiger partial charge in [-0.1, -0.05) is 23.4 Å². The molecule has 2 N–H and O–H groups in total. The van der Waals surface area contributed by atoms with Crippen LogP contribution in [0, 0.1) is 0 Å². The van der Waals surface area contributed by atoms with Crippen LogP contribution in [0.1, 0.15) is 18.4 Å². The van der Waals surface area contributed by atoms with Crippen LogP contribution >= 0.6 is 0 Å². The highest BCUT2D eigenvalue weighted by atomic mass is 16.5. The number of ether oxygens (including phenoxy) is 1. The molecule has 0 saturated heterocycles. The summed E-state index contributed by atoms with van der Waals surface area (Å²) in [6.07, 6.45) is 1.73. The van der Waals surface area contributed by atoms with Crippen molar-refractivity contribution in [3.05, 3.63) is 29.8 Å². The summed E-state index contributed by atoms with van der Waals surface area (Å²) in [5.74, 6) is 0. The molecule has 1 aromatic carbocycles. The second-order valence-electron chi connectivity index (χ2n) is 4.49. The number of nitrogens with zero attached hydrogens (tertiary/aromatic N) is 2. The lowest BCUT2D eigenvalue weighted by Crippen LogP contribution is -2.28. The summed E-state index contributed by atoms with van der Waals surface area (Å²) in [5.41, 5.74) is 2.82. The quantitative estimate of drug-likeness (QED) is 0.480. The Bertz CT molecular complexity index is 434. The zero-order valence-electron chi connectivity index (χ0n) is 11.0. The standard InChI is InChI=1S/C14H20N2O3/c17-9-11-19-10-8-16-7-3-5-13(15-18)12-4-1-2-6-14(12)16/h1-2,4,6,17-18H,3,5,7-11H2/b15-13-. The minimum absolute atomic E-state index is 0.0535. The lowest BCUT2D eigenvalue weighted by atomic mass is 10.1. The van der Waals surface area contributed by atoms with Gasteiger partial charge in [0, 0.05) is 24.3 Å². The van der Waals surface area contributed by atoms with Crippen molar-refractivity contribution in [1.29, 1.82) is 0 Å². The number of oxime groups is 1. The van der Waals surface area contributed by atoms with E-state index in [1.54, 1.807) is 0 Å². The van der Waals surface area contributed by atoms with Crippen molar-refractivity contribution < 1.29 is 15.1 Å².